The van der Waals surface area contributed by atoms with Crippen molar-refractivity contribution in [3.8, 4) is 0 Å². The van der Waals surface area contributed by atoms with Gasteiger partial charge in [-0.05, 0) is 24.0 Å². The van der Waals surface area contributed by atoms with Gasteiger partial charge < -0.3 is 4.90 Å². The summed E-state index contributed by atoms with van der Waals surface area (Å²) in [5.74, 6) is 1.47. The molecule has 0 bridgehead atoms. The molecule has 0 aromatic heterocycles. The highest BCUT2D eigenvalue weighted by atomic mass is 79.9. The monoisotopic (exact) mass is 358 g/mol. The number of hydrogen-bond acceptors (Lipinski definition) is 2. The maximum Gasteiger partial charge on any atom is 0.0639 e. The summed E-state index contributed by atoms with van der Waals surface area (Å²) in [7, 11) is 0. The maximum absolute atomic E-state index is 6.28. The molecule has 0 spiro atoms. The van der Waals surface area contributed by atoms with Crippen molar-refractivity contribution in [2.24, 2.45) is 11.8 Å². The van der Waals surface area contributed by atoms with E-state index in [4.69, 9.17) is 11.6 Å². The van der Waals surface area contributed by atoms with Crippen LogP contribution in [0, 0.1) is 11.8 Å². The van der Waals surface area contributed by atoms with Crippen LogP contribution in [0.25, 0.3) is 0 Å². The second-order valence-corrected chi connectivity index (χ2v) is 6.95. The first-order chi connectivity index (χ1) is 9.61. The van der Waals surface area contributed by atoms with Crippen LogP contribution in [-0.2, 0) is 0 Å². The first kappa shape index (κ1) is 16.1. The molecular formula is C16H24BrClN2. The molecule has 1 saturated heterocycles. The highest BCUT2D eigenvalue weighted by Gasteiger charge is 2.22. The summed E-state index contributed by atoms with van der Waals surface area (Å²) >= 11 is 9.93. The van der Waals surface area contributed by atoms with Crippen molar-refractivity contribution in [1.82, 2.24) is 4.90 Å². The summed E-state index contributed by atoms with van der Waals surface area (Å²) in [6.45, 7) is 10.2. The first-order valence-corrected chi connectivity index (χ1v) is 8.89. The van der Waals surface area contributed by atoms with E-state index in [0.717, 1.165) is 48.4 Å². The van der Waals surface area contributed by atoms with Gasteiger partial charge in [0.15, 0.2) is 0 Å². The van der Waals surface area contributed by atoms with Crippen LogP contribution in [0.5, 0.6) is 0 Å². The van der Waals surface area contributed by atoms with Crippen LogP contribution in [-0.4, -0.2) is 43.0 Å². The number of anilines is 1. The number of hydrogen-bond donors (Lipinski definition) is 0. The zero-order chi connectivity index (χ0) is 14.5. The van der Waals surface area contributed by atoms with Crippen molar-refractivity contribution in [2.45, 2.75) is 13.8 Å². The largest absolute Gasteiger partial charge is 0.368 e. The van der Waals surface area contributed by atoms with E-state index >= 15 is 0 Å². The minimum absolute atomic E-state index is 0.732. The molecule has 2 nitrogen and oxygen atoms in total. The normalized spacial score (nSPS) is 18.6. The number of piperazine rings is 1. The average molecular weight is 360 g/mol. The van der Waals surface area contributed by atoms with Crippen LogP contribution in [0.2, 0.25) is 5.02 Å². The Morgan fingerprint density at radius 3 is 2.35 bits per heavy atom. The number of nitrogens with zero attached hydrogens (tertiary/aromatic N) is 2. The Morgan fingerprint density at radius 1 is 1.15 bits per heavy atom. The van der Waals surface area contributed by atoms with Gasteiger partial charge in [0.05, 0.1) is 10.7 Å². The van der Waals surface area contributed by atoms with Gasteiger partial charge in [0.1, 0.15) is 0 Å². The molecule has 0 amide bonds. The summed E-state index contributed by atoms with van der Waals surface area (Å²) in [6.07, 6.45) is 0. The Morgan fingerprint density at radius 2 is 1.80 bits per heavy atom. The standard InChI is InChI=1S/C16H24BrClN2/c1-13(2)14(11-17)12-19-7-9-20(10-8-19)16-6-4-3-5-15(16)18/h3-6,13-14H,7-12H2,1-2H3. The smallest absolute Gasteiger partial charge is 0.0639 e. The van der Waals surface area contributed by atoms with Gasteiger partial charge in [0, 0.05) is 38.1 Å². The van der Waals surface area contributed by atoms with Crippen LogP contribution < -0.4 is 4.90 Å². The lowest BCUT2D eigenvalue weighted by Gasteiger charge is -2.38. The number of rotatable bonds is 5. The molecule has 1 unspecified atom stereocenters. The highest BCUT2D eigenvalue weighted by Crippen LogP contribution is 2.26. The fraction of sp³-hybridized carbons (Fsp3) is 0.625. The van der Waals surface area contributed by atoms with Crippen molar-refractivity contribution in [3.63, 3.8) is 0 Å². The molecular weight excluding hydrogens is 336 g/mol. The summed E-state index contributed by atoms with van der Waals surface area (Å²) in [5, 5.41) is 1.96. The Kier molecular flexibility index (Phi) is 6.19. The molecule has 1 fully saturated rings. The van der Waals surface area contributed by atoms with E-state index in [1.165, 1.54) is 12.2 Å². The molecule has 0 saturated carbocycles. The van der Waals surface area contributed by atoms with Gasteiger partial charge in [-0.25, -0.2) is 0 Å². The lowest BCUT2D eigenvalue weighted by Crippen LogP contribution is -2.48. The second-order valence-electron chi connectivity index (χ2n) is 5.90. The van der Waals surface area contributed by atoms with Gasteiger partial charge in [-0.15, -0.1) is 0 Å². The third-order valence-electron chi connectivity index (χ3n) is 4.20. The predicted octanol–water partition coefficient (Wildman–Crippen LogP) is 4.13. The third kappa shape index (κ3) is 4.12. The van der Waals surface area contributed by atoms with Gasteiger partial charge in [-0.2, -0.15) is 0 Å². The van der Waals surface area contributed by atoms with Crippen LogP contribution >= 0.6 is 27.5 Å². The van der Waals surface area contributed by atoms with E-state index in [9.17, 15) is 0 Å². The number of halogens is 2. The number of para-hydroxylation sites is 1. The summed E-state index contributed by atoms with van der Waals surface area (Å²) < 4.78 is 0. The summed E-state index contributed by atoms with van der Waals surface area (Å²) in [4.78, 5) is 4.98. The molecule has 1 aliphatic heterocycles. The van der Waals surface area contributed by atoms with Crippen LogP contribution in [0.1, 0.15) is 13.8 Å². The third-order valence-corrected chi connectivity index (χ3v) is 5.35. The fourth-order valence-corrected chi connectivity index (χ4v) is 3.86. The van der Waals surface area contributed by atoms with Crippen LogP contribution in [0.15, 0.2) is 24.3 Å². The molecule has 1 atom stereocenters. The predicted molar refractivity (Wildman–Crippen MR) is 92.2 cm³/mol. The van der Waals surface area contributed by atoms with Crippen LogP contribution in [0.4, 0.5) is 5.69 Å². The molecule has 1 aliphatic rings. The van der Waals surface area contributed by atoms with Gasteiger partial charge in [-0.3, -0.25) is 4.90 Å². The van der Waals surface area contributed by atoms with Crippen molar-refractivity contribution in [1.29, 1.82) is 0 Å². The van der Waals surface area contributed by atoms with Crippen molar-refractivity contribution < 1.29 is 0 Å². The zero-order valence-corrected chi connectivity index (χ0v) is 14.7. The Balaban J connectivity index is 1.88. The van der Waals surface area contributed by atoms with Crippen molar-refractivity contribution in [2.75, 3.05) is 43.0 Å². The molecule has 1 aromatic rings. The molecule has 0 aliphatic carbocycles. The molecule has 2 rings (SSSR count). The van der Waals surface area contributed by atoms with E-state index in [1.807, 2.05) is 12.1 Å². The lowest BCUT2D eigenvalue weighted by atomic mass is 9.97. The van der Waals surface area contributed by atoms with E-state index < -0.39 is 0 Å². The summed E-state index contributed by atoms with van der Waals surface area (Å²) in [6, 6.07) is 8.15. The van der Waals surface area contributed by atoms with E-state index in [0.29, 0.717) is 0 Å². The van der Waals surface area contributed by atoms with Gasteiger partial charge in [-0.1, -0.05) is 53.5 Å². The second kappa shape index (κ2) is 7.67. The molecule has 1 aromatic carbocycles. The van der Waals surface area contributed by atoms with E-state index in [2.05, 4.69) is 51.7 Å². The van der Waals surface area contributed by atoms with Gasteiger partial charge in [0.25, 0.3) is 0 Å². The quantitative estimate of drug-likeness (QED) is 0.729. The van der Waals surface area contributed by atoms with E-state index in [-0.39, 0.29) is 0 Å². The summed E-state index contributed by atoms with van der Waals surface area (Å²) in [5.41, 5.74) is 1.18. The van der Waals surface area contributed by atoms with Gasteiger partial charge >= 0.3 is 0 Å². The topological polar surface area (TPSA) is 6.48 Å². The molecule has 20 heavy (non-hydrogen) atoms. The minimum atomic E-state index is 0.732. The Bertz CT molecular complexity index is 417. The van der Waals surface area contributed by atoms with Gasteiger partial charge in [0.2, 0.25) is 0 Å². The molecule has 0 N–H and O–H groups in total. The molecule has 0 radical (unpaired) electrons. The Hall–Kier alpha value is -0.250. The first-order valence-electron chi connectivity index (χ1n) is 7.39. The highest BCUT2D eigenvalue weighted by molar-refractivity contribution is 9.09. The minimum Gasteiger partial charge on any atom is -0.368 e. The van der Waals surface area contributed by atoms with Crippen LogP contribution in [0.3, 0.4) is 0 Å². The molecule has 4 heteroatoms. The number of benzene rings is 1. The van der Waals surface area contributed by atoms with Crippen molar-refractivity contribution in [3.05, 3.63) is 29.3 Å². The van der Waals surface area contributed by atoms with Crippen molar-refractivity contribution >= 4 is 33.2 Å². The Labute approximate surface area is 136 Å². The molecule has 1 heterocycles. The zero-order valence-electron chi connectivity index (χ0n) is 12.4. The number of alkyl halides is 1. The SMILES string of the molecule is CC(C)C(CBr)CN1CCN(c2ccccc2Cl)CC1. The molecule has 112 valence electrons. The maximum atomic E-state index is 6.28. The fourth-order valence-electron chi connectivity index (χ4n) is 2.65. The average Bonchev–Trinajstić information content (AvgIpc) is 2.46. The van der Waals surface area contributed by atoms with E-state index in [1.54, 1.807) is 0 Å². The lowest BCUT2D eigenvalue weighted by molar-refractivity contribution is 0.204.